The van der Waals surface area contributed by atoms with Crippen molar-refractivity contribution in [2.75, 3.05) is 6.54 Å². The van der Waals surface area contributed by atoms with Crippen LogP contribution in [-0.4, -0.2) is 23.3 Å². The van der Waals surface area contributed by atoms with Crippen molar-refractivity contribution < 1.29 is 44.3 Å². The van der Waals surface area contributed by atoms with Crippen LogP contribution in [0, 0.1) is 0 Å². The molecule has 4 nitrogen and oxygen atoms in total. The van der Waals surface area contributed by atoms with Crippen LogP contribution in [0.25, 0.3) is 11.1 Å². The van der Waals surface area contributed by atoms with Crippen LogP contribution in [0.15, 0.2) is 72.8 Å². The normalized spacial score (nSPS) is 10.4. The van der Waals surface area contributed by atoms with Crippen LogP contribution >= 0.6 is 11.6 Å². The molecule has 0 fully saturated rings. The summed E-state index contributed by atoms with van der Waals surface area (Å²) < 4.78 is 0. The van der Waals surface area contributed by atoms with E-state index in [9.17, 15) is 14.7 Å². The number of carboxylic acids is 1. The molecule has 0 aromatic heterocycles. The molecule has 3 rings (SSSR count). The average molecular weight is 472 g/mol. The molecule has 0 saturated heterocycles. The molecule has 0 aliphatic heterocycles. The summed E-state index contributed by atoms with van der Waals surface area (Å²) in [5.41, 5.74) is 4.15. The number of unbranched alkanes of at least 4 members (excludes halogenated alkanes) is 1. The van der Waals surface area contributed by atoms with E-state index < -0.39 is 5.97 Å². The van der Waals surface area contributed by atoms with Crippen LogP contribution in [0.4, 0.5) is 0 Å². The maximum absolute atomic E-state index is 12.8. The molecule has 0 N–H and O–H groups in total. The van der Waals surface area contributed by atoms with E-state index in [1.54, 1.807) is 24.3 Å². The van der Waals surface area contributed by atoms with Crippen LogP contribution in [0.3, 0.4) is 0 Å². The van der Waals surface area contributed by atoms with Gasteiger partial charge in [-0.1, -0.05) is 91.7 Å². The van der Waals surface area contributed by atoms with Gasteiger partial charge in [0.15, 0.2) is 0 Å². The molecule has 0 aliphatic rings. The number of carbonyl (C=O) groups excluding carboxylic acids is 2. The van der Waals surface area contributed by atoms with Crippen molar-refractivity contribution in [1.82, 2.24) is 4.90 Å². The van der Waals surface area contributed by atoms with Gasteiger partial charge in [0.05, 0.1) is 5.97 Å². The number of hydrogen-bond donors (Lipinski definition) is 0. The van der Waals surface area contributed by atoms with E-state index in [0.717, 1.165) is 40.1 Å². The molecule has 0 bridgehead atoms. The average Bonchev–Trinajstić information content (AvgIpc) is 2.81. The van der Waals surface area contributed by atoms with Gasteiger partial charge in [0.25, 0.3) is 0 Å². The van der Waals surface area contributed by atoms with Crippen molar-refractivity contribution in [1.29, 1.82) is 0 Å². The predicted octanol–water partition coefficient (Wildman–Crippen LogP) is 2.14. The second-order valence-corrected chi connectivity index (χ2v) is 8.23. The Morgan fingerprint density at radius 2 is 1.52 bits per heavy atom. The first kappa shape index (κ1) is 27.1. The Morgan fingerprint density at radius 1 is 0.909 bits per heavy atom. The van der Waals surface area contributed by atoms with Gasteiger partial charge in [-0.15, -0.1) is 0 Å². The number of benzene rings is 3. The van der Waals surface area contributed by atoms with Crippen molar-refractivity contribution in [2.24, 2.45) is 0 Å². The fourth-order valence-electron chi connectivity index (χ4n) is 3.56. The van der Waals surface area contributed by atoms with Gasteiger partial charge in [0, 0.05) is 24.5 Å². The molecule has 1 amide bonds. The largest absolute Gasteiger partial charge is 1.00 e. The molecule has 0 atom stereocenters. The minimum absolute atomic E-state index is 0. The second-order valence-electron chi connectivity index (χ2n) is 7.82. The molecule has 166 valence electrons. The van der Waals surface area contributed by atoms with E-state index in [0.29, 0.717) is 25.9 Å². The number of amides is 1. The van der Waals surface area contributed by atoms with Crippen LogP contribution in [0.1, 0.15) is 47.7 Å². The van der Waals surface area contributed by atoms with E-state index in [4.69, 9.17) is 11.6 Å². The fourth-order valence-corrected chi connectivity index (χ4v) is 3.79. The van der Waals surface area contributed by atoms with E-state index in [1.807, 2.05) is 53.4 Å². The van der Waals surface area contributed by atoms with E-state index in [2.05, 4.69) is 6.92 Å². The van der Waals surface area contributed by atoms with Crippen molar-refractivity contribution in [3.05, 3.63) is 94.5 Å². The number of aromatic carboxylic acids is 1. The minimum atomic E-state index is -1.18. The zero-order valence-electron chi connectivity index (χ0n) is 19.2. The van der Waals surface area contributed by atoms with Gasteiger partial charge in [-0.2, -0.15) is 0 Å². The third kappa shape index (κ3) is 8.01. The summed E-state index contributed by atoms with van der Waals surface area (Å²) in [5, 5.41) is 11.7. The molecule has 0 spiro atoms. The van der Waals surface area contributed by atoms with Crippen molar-refractivity contribution in [3.8, 4) is 11.1 Å². The summed E-state index contributed by atoms with van der Waals surface area (Å²) in [6.45, 7) is 3.23. The summed E-state index contributed by atoms with van der Waals surface area (Å²) >= 11 is 6.29. The van der Waals surface area contributed by atoms with Crippen molar-refractivity contribution in [2.45, 2.75) is 39.2 Å². The van der Waals surface area contributed by atoms with Crippen molar-refractivity contribution >= 4 is 23.5 Å². The van der Waals surface area contributed by atoms with Gasteiger partial charge in [-0.05, 0) is 46.7 Å². The summed E-state index contributed by atoms with van der Waals surface area (Å²) in [7, 11) is 0. The Bertz CT molecular complexity index is 1050. The molecule has 0 saturated carbocycles. The Kier molecular flexibility index (Phi) is 11.2. The Hall–Kier alpha value is -2.11. The number of carboxylic acid groups (broad SMARTS) is 1. The fraction of sp³-hybridized carbons (Fsp3) is 0.259. The van der Waals surface area contributed by atoms with Gasteiger partial charge in [-0.3, -0.25) is 4.79 Å². The monoisotopic (exact) mass is 471 g/mol. The summed E-state index contributed by atoms with van der Waals surface area (Å²) in [6, 6.07) is 22.4. The van der Waals surface area contributed by atoms with Crippen molar-refractivity contribution in [3.63, 3.8) is 0 Å². The smallest absolute Gasteiger partial charge is 0.545 e. The van der Waals surface area contributed by atoms with Gasteiger partial charge < -0.3 is 14.8 Å². The first-order valence-electron chi connectivity index (χ1n) is 10.9. The summed E-state index contributed by atoms with van der Waals surface area (Å²) in [4.78, 5) is 25.7. The molecule has 0 aliphatic carbocycles. The quantitative estimate of drug-likeness (QED) is 0.426. The van der Waals surface area contributed by atoms with Gasteiger partial charge in [0.2, 0.25) is 5.91 Å². The Morgan fingerprint density at radius 3 is 2.09 bits per heavy atom. The maximum Gasteiger partial charge on any atom is 1.00 e. The molecule has 3 aromatic rings. The standard InChI is InChI=1S/C27H28ClNO3.Na/c1-2-3-8-26(30)29(18-17-23-6-4-5-7-25(23)28)19-20-9-11-21(12-10-20)22-13-15-24(16-14-22)27(31)32;/h4-7,9-16H,2-3,8,17-19H2,1H3,(H,31,32);/q;+1/p-1. The SMILES string of the molecule is CCCCC(=O)N(CCc1ccccc1Cl)Cc1ccc(-c2ccc(C(=O)[O-])cc2)cc1.[Na+]. The van der Waals surface area contributed by atoms with E-state index in [-0.39, 0.29) is 41.0 Å². The number of hydrogen-bond acceptors (Lipinski definition) is 3. The molecule has 6 heteroatoms. The number of rotatable bonds is 10. The van der Waals surface area contributed by atoms with Crippen LogP contribution < -0.4 is 34.7 Å². The van der Waals surface area contributed by atoms with Gasteiger partial charge in [-0.25, -0.2) is 0 Å². The first-order valence-corrected chi connectivity index (χ1v) is 11.3. The molecule has 0 unspecified atom stereocenters. The molecular weight excluding hydrogens is 445 g/mol. The van der Waals surface area contributed by atoms with Crippen LogP contribution in [0.5, 0.6) is 0 Å². The zero-order valence-corrected chi connectivity index (χ0v) is 22.0. The number of carbonyl (C=O) groups is 2. The summed E-state index contributed by atoms with van der Waals surface area (Å²) in [6.07, 6.45) is 3.11. The van der Waals surface area contributed by atoms with Gasteiger partial charge in [0.1, 0.15) is 0 Å². The molecule has 33 heavy (non-hydrogen) atoms. The topological polar surface area (TPSA) is 60.4 Å². The van der Waals surface area contributed by atoms with E-state index in [1.165, 1.54) is 0 Å². The summed E-state index contributed by atoms with van der Waals surface area (Å²) in [5.74, 6) is -1.03. The Labute approximate surface area is 222 Å². The Balaban J connectivity index is 0.00000385. The van der Waals surface area contributed by atoms with Crippen LogP contribution in [-0.2, 0) is 17.8 Å². The second kappa shape index (κ2) is 13.6. The number of nitrogens with zero attached hydrogens (tertiary/aromatic N) is 1. The first-order chi connectivity index (χ1) is 15.5. The predicted molar refractivity (Wildman–Crippen MR) is 126 cm³/mol. The molecule has 0 radical (unpaired) electrons. The third-order valence-corrected chi connectivity index (χ3v) is 5.86. The van der Waals surface area contributed by atoms with Crippen LogP contribution in [0.2, 0.25) is 5.02 Å². The molecule has 3 aromatic carbocycles. The van der Waals surface area contributed by atoms with Gasteiger partial charge >= 0.3 is 29.6 Å². The maximum atomic E-state index is 12.8. The number of halogens is 1. The minimum Gasteiger partial charge on any atom is -0.545 e. The molecule has 0 heterocycles. The zero-order chi connectivity index (χ0) is 22.9. The third-order valence-electron chi connectivity index (χ3n) is 5.49. The van der Waals surface area contributed by atoms with E-state index >= 15 is 0 Å². The molecular formula is C27H27ClNNaO3.